The Morgan fingerprint density at radius 3 is 2.92 bits per heavy atom. The Labute approximate surface area is 75.4 Å². The van der Waals surface area contributed by atoms with E-state index in [9.17, 15) is 4.79 Å². The second kappa shape index (κ2) is 2.69. The maximum atomic E-state index is 11.7. The van der Waals surface area contributed by atoms with E-state index < -0.39 is 0 Å². The van der Waals surface area contributed by atoms with Crippen LogP contribution in [0.2, 0.25) is 0 Å². The minimum Gasteiger partial charge on any atom is -0.357 e. The zero-order valence-corrected chi connectivity index (χ0v) is 7.59. The fourth-order valence-corrected chi connectivity index (χ4v) is 1.36. The third-order valence-corrected chi connectivity index (χ3v) is 2.29. The fourth-order valence-electron chi connectivity index (χ4n) is 1.36. The predicted molar refractivity (Wildman–Crippen MR) is 51.8 cm³/mol. The van der Waals surface area contributed by atoms with Gasteiger partial charge in [0, 0.05) is 22.8 Å². The lowest BCUT2D eigenvalue weighted by Crippen LogP contribution is -2.09. The summed E-state index contributed by atoms with van der Waals surface area (Å²) in [7, 11) is 0. The molecule has 2 aromatic rings. The Hall–Kier alpha value is -1.64. The third-order valence-electron chi connectivity index (χ3n) is 2.29. The molecular weight excluding hydrogens is 164 g/mol. The molecule has 0 spiro atoms. The van der Waals surface area contributed by atoms with Crippen molar-refractivity contribution in [1.29, 1.82) is 0 Å². The minimum atomic E-state index is 0.0913. The van der Waals surface area contributed by atoms with Crippen LogP contribution in [0.5, 0.6) is 0 Å². The largest absolute Gasteiger partial charge is 0.357 e. The number of fused-ring (bicyclic) bond motifs is 1. The number of aryl methyl sites for hydroxylation is 1. The summed E-state index contributed by atoms with van der Waals surface area (Å²) in [5, 5.41) is 0.707. The van der Waals surface area contributed by atoms with Gasteiger partial charge in [-0.1, -0.05) is 0 Å². The van der Waals surface area contributed by atoms with Crippen LogP contribution in [0, 0.1) is 13.8 Å². The molecule has 1 N–H and O–H groups in total. The molecule has 0 aliphatic heterocycles. The summed E-state index contributed by atoms with van der Waals surface area (Å²) in [5.74, 6) is 0. The molecule has 0 saturated carbocycles. The van der Waals surface area contributed by atoms with Gasteiger partial charge in [-0.25, -0.2) is 0 Å². The first-order valence-corrected chi connectivity index (χ1v) is 4.13. The van der Waals surface area contributed by atoms with E-state index >= 15 is 0 Å². The van der Waals surface area contributed by atoms with Crippen LogP contribution in [0.25, 0.3) is 10.9 Å². The number of H-pyrrole nitrogens is 1. The van der Waals surface area contributed by atoms with E-state index in [0.717, 1.165) is 16.8 Å². The lowest BCUT2D eigenvalue weighted by atomic mass is 10.1. The van der Waals surface area contributed by atoms with Crippen LogP contribution in [0.1, 0.15) is 11.3 Å². The van der Waals surface area contributed by atoms with Crippen LogP contribution in [-0.4, -0.2) is 9.97 Å². The Balaban J connectivity index is 3.03. The molecule has 13 heavy (non-hydrogen) atoms. The molecule has 0 aliphatic rings. The number of nitrogens with zero attached hydrogens (tertiary/aromatic N) is 1. The topological polar surface area (TPSA) is 45.8 Å². The SMILES string of the molecule is Cc1[nH]c2cnccc2c(=O)c1C. The molecule has 3 heteroatoms. The number of hydrogen-bond acceptors (Lipinski definition) is 2. The number of aromatic amines is 1. The predicted octanol–water partition coefficient (Wildman–Crippen LogP) is 1.54. The minimum absolute atomic E-state index is 0.0913. The van der Waals surface area contributed by atoms with Crippen LogP contribution in [-0.2, 0) is 0 Å². The molecule has 2 rings (SSSR count). The van der Waals surface area contributed by atoms with Crippen LogP contribution >= 0.6 is 0 Å². The van der Waals surface area contributed by atoms with Gasteiger partial charge < -0.3 is 4.98 Å². The monoisotopic (exact) mass is 174 g/mol. The van der Waals surface area contributed by atoms with Crippen molar-refractivity contribution in [2.75, 3.05) is 0 Å². The van der Waals surface area contributed by atoms with Gasteiger partial charge in [0.1, 0.15) is 0 Å². The van der Waals surface area contributed by atoms with E-state index in [-0.39, 0.29) is 5.43 Å². The lowest BCUT2D eigenvalue weighted by molar-refractivity contribution is 1.16. The first kappa shape index (κ1) is 7.98. The van der Waals surface area contributed by atoms with E-state index in [1.165, 1.54) is 0 Å². The molecule has 2 aromatic heterocycles. The molecule has 0 radical (unpaired) electrons. The fraction of sp³-hybridized carbons (Fsp3) is 0.200. The maximum absolute atomic E-state index is 11.7. The first-order valence-electron chi connectivity index (χ1n) is 4.13. The van der Waals surface area contributed by atoms with E-state index in [1.54, 1.807) is 18.5 Å². The van der Waals surface area contributed by atoms with Crippen molar-refractivity contribution >= 4 is 10.9 Å². The molecule has 0 aliphatic carbocycles. The molecule has 0 amide bonds. The van der Waals surface area contributed by atoms with Crippen molar-refractivity contribution in [2.45, 2.75) is 13.8 Å². The summed E-state index contributed by atoms with van der Waals surface area (Å²) in [6.45, 7) is 3.72. The van der Waals surface area contributed by atoms with Gasteiger partial charge in [0.05, 0.1) is 11.7 Å². The Morgan fingerprint density at radius 2 is 2.15 bits per heavy atom. The molecule has 0 aromatic carbocycles. The molecule has 3 nitrogen and oxygen atoms in total. The highest BCUT2D eigenvalue weighted by Gasteiger charge is 2.03. The van der Waals surface area contributed by atoms with Crippen LogP contribution in [0.4, 0.5) is 0 Å². The highest BCUT2D eigenvalue weighted by molar-refractivity contribution is 5.78. The lowest BCUT2D eigenvalue weighted by Gasteiger charge is -2.02. The van der Waals surface area contributed by atoms with Gasteiger partial charge in [0.2, 0.25) is 0 Å². The molecule has 0 bridgehead atoms. The van der Waals surface area contributed by atoms with Crippen molar-refractivity contribution in [3.63, 3.8) is 0 Å². The van der Waals surface area contributed by atoms with Crippen molar-refractivity contribution in [3.05, 3.63) is 39.9 Å². The zero-order chi connectivity index (χ0) is 9.42. The average molecular weight is 174 g/mol. The number of aromatic nitrogens is 2. The van der Waals surface area contributed by atoms with Gasteiger partial charge in [-0.05, 0) is 19.9 Å². The van der Waals surface area contributed by atoms with Gasteiger partial charge >= 0.3 is 0 Å². The summed E-state index contributed by atoms with van der Waals surface area (Å²) in [6, 6.07) is 1.74. The summed E-state index contributed by atoms with van der Waals surface area (Å²) in [4.78, 5) is 18.8. The molecule has 0 fully saturated rings. The standard InChI is InChI=1S/C10H10N2O/c1-6-7(2)12-9-5-11-4-3-8(9)10(6)13/h3-5H,1-2H3,(H,12,13). The number of nitrogens with one attached hydrogen (secondary N) is 1. The summed E-state index contributed by atoms with van der Waals surface area (Å²) in [5.41, 5.74) is 2.58. The van der Waals surface area contributed by atoms with Gasteiger partial charge in [-0.3, -0.25) is 9.78 Å². The van der Waals surface area contributed by atoms with Crippen LogP contribution in [0.15, 0.2) is 23.3 Å². The summed E-state index contributed by atoms with van der Waals surface area (Å²) >= 11 is 0. The van der Waals surface area contributed by atoms with Crippen molar-refractivity contribution < 1.29 is 0 Å². The van der Waals surface area contributed by atoms with Crippen molar-refractivity contribution in [2.24, 2.45) is 0 Å². The number of rotatable bonds is 0. The number of hydrogen-bond donors (Lipinski definition) is 1. The maximum Gasteiger partial charge on any atom is 0.192 e. The Bertz CT molecular complexity index is 514. The smallest absolute Gasteiger partial charge is 0.192 e. The Kier molecular flexibility index (Phi) is 1.65. The van der Waals surface area contributed by atoms with Crippen molar-refractivity contribution in [1.82, 2.24) is 9.97 Å². The highest BCUT2D eigenvalue weighted by Crippen LogP contribution is 2.07. The van der Waals surface area contributed by atoms with E-state index in [0.29, 0.717) is 5.39 Å². The second-order valence-electron chi connectivity index (χ2n) is 3.13. The molecule has 66 valence electrons. The first-order chi connectivity index (χ1) is 6.20. The van der Waals surface area contributed by atoms with Crippen LogP contribution in [0.3, 0.4) is 0 Å². The highest BCUT2D eigenvalue weighted by atomic mass is 16.1. The quantitative estimate of drug-likeness (QED) is 0.658. The molecule has 2 heterocycles. The summed E-state index contributed by atoms with van der Waals surface area (Å²) in [6.07, 6.45) is 3.30. The average Bonchev–Trinajstić information content (AvgIpc) is 2.15. The van der Waals surface area contributed by atoms with Crippen LogP contribution < -0.4 is 5.43 Å². The van der Waals surface area contributed by atoms with E-state index in [1.807, 2.05) is 13.8 Å². The summed E-state index contributed by atoms with van der Waals surface area (Å²) < 4.78 is 0. The van der Waals surface area contributed by atoms with Gasteiger partial charge in [-0.2, -0.15) is 0 Å². The van der Waals surface area contributed by atoms with E-state index in [4.69, 9.17) is 0 Å². The molecule has 0 unspecified atom stereocenters. The molecule has 0 atom stereocenters. The van der Waals surface area contributed by atoms with Crippen molar-refractivity contribution in [3.8, 4) is 0 Å². The number of pyridine rings is 2. The zero-order valence-electron chi connectivity index (χ0n) is 7.59. The van der Waals surface area contributed by atoms with Gasteiger partial charge in [-0.15, -0.1) is 0 Å². The molecular formula is C10H10N2O. The molecule has 0 saturated heterocycles. The normalized spacial score (nSPS) is 10.6. The van der Waals surface area contributed by atoms with Gasteiger partial charge in [0.25, 0.3) is 0 Å². The van der Waals surface area contributed by atoms with E-state index in [2.05, 4.69) is 9.97 Å². The third kappa shape index (κ3) is 1.13. The van der Waals surface area contributed by atoms with Gasteiger partial charge in [0.15, 0.2) is 5.43 Å². The second-order valence-corrected chi connectivity index (χ2v) is 3.13. The Morgan fingerprint density at radius 1 is 1.38 bits per heavy atom.